The number of nitrogens with zero attached hydrogens (tertiary/aromatic N) is 2. The first-order chi connectivity index (χ1) is 31.6. The first kappa shape index (κ1) is 41.8. The number of carbonyl (C=O) groups is 2. The van der Waals surface area contributed by atoms with Crippen LogP contribution in [0.4, 0.5) is 5.69 Å². The Morgan fingerprint density at radius 3 is 2.82 bits per heavy atom. The monoisotopic (exact) mass is 880 g/mol. The second-order valence-corrected chi connectivity index (χ2v) is 18.2. The molecular formula is C51H50N3O11+. The normalized spacial score (nSPS) is 29.1. The third-order valence-corrected chi connectivity index (χ3v) is 14.6. The maximum Gasteiger partial charge on any atom is 0.254 e. The molecule has 1 saturated carbocycles. The topological polar surface area (TPSA) is 189 Å². The molecule has 2 fully saturated rings. The van der Waals surface area contributed by atoms with Gasteiger partial charge in [0.25, 0.3) is 5.91 Å². The lowest BCUT2D eigenvalue weighted by Gasteiger charge is -2.47. The number of nitrogens with one attached hydrogen (secondary N) is 1. The van der Waals surface area contributed by atoms with E-state index in [4.69, 9.17) is 28.7 Å². The van der Waals surface area contributed by atoms with Crippen LogP contribution in [0.25, 0.3) is 16.8 Å². The summed E-state index contributed by atoms with van der Waals surface area (Å²) in [6, 6.07) is 13.2. The summed E-state index contributed by atoms with van der Waals surface area (Å²) >= 11 is 0. The number of amides is 1. The van der Waals surface area contributed by atoms with Crippen molar-refractivity contribution >= 4 is 40.4 Å². The van der Waals surface area contributed by atoms with E-state index in [2.05, 4.69) is 17.3 Å². The number of ether oxygens (including phenoxy) is 5. The Morgan fingerprint density at radius 2 is 1.98 bits per heavy atom. The molecular weight excluding hydrogens is 831 g/mol. The molecule has 8 bridgehead atoms. The molecule has 334 valence electrons. The van der Waals surface area contributed by atoms with Gasteiger partial charge in [0.2, 0.25) is 6.29 Å². The van der Waals surface area contributed by atoms with Crippen molar-refractivity contribution in [2.24, 2.45) is 10.9 Å². The zero-order valence-corrected chi connectivity index (χ0v) is 36.1. The molecule has 4 aromatic carbocycles. The number of phenolic OH excluding ortho intramolecular Hbond substituents is 1. The molecule has 1 amide bonds. The Balaban J connectivity index is 1.17. The van der Waals surface area contributed by atoms with Gasteiger partial charge in [0.1, 0.15) is 53.8 Å². The van der Waals surface area contributed by atoms with E-state index >= 15 is 4.79 Å². The predicted molar refractivity (Wildman–Crippen MR) is 238 cm³/mol. The van der Waals surface area contributed by atoms with E-state index in [9.17, 15) is 25.2 Å². The van der Waals surface area contributed by atoms with Crippen LogP contribution >= 0.6 is 0 Å². The Kier molecular flexibility index (Phi) is 10.4. The molecule has 0 unspecified atom stereocenters. The standard InChI is InChI=1S/C51H49N3O11/c1-52-20-26-11-15-37-33(18-26)35(21-53-37)39-16-14-32-40(61-2)19-34-30-13-12-28-7-3-9-29(28)42(30)44-38(56)23-54-22-36-27(6-4-10-31(36)49(54)59)8-5-17-62-48-45(57)41(24-63-39)64-50(51(48,60)25-55)65-47(32)43(34)46(44)58/h4,6,10-11,14-16,18-19,21,28-29,39,41,45,48,50,52,55,57,60H,3,7-9,12-13,20,22-25H2,1-2H3/p+1/b16-14+/t28-,29-,39-,41-,45-,48+,50-,51-/m1/s1. The third-order valence-electron chi connectivity index (χ3n) is 14.6. The fourth-order valence-corrected chi connectivity index (χ4v) is 11.4. The van der Waals surface area contributed by atoms with Gasteiger partial charge in [0.15, 0.2) is 28.7 Å². The number of benzene rings is 4. The Morgan fingerprint density at radius 1 is 1.11 bits per heavy atom. The van der Waals surface area contributed by atoms with Crippen molar-refractivity contribution in [1.29, 1.82) is 0 Å². The van der Waals surface area contributed by atoms with Gasteiger partial charge in [-0.1, -0.05) is 24.5 Å². The molecule has 2 aliphatic carbocycles. The van der Waals surface area contributed by atoms with E-state index < -0.39 is 48.7 Å². The van der Waals surface area contributed by atoms with E-state index in [1.165, 1.54) is 12.0 Å². The molecule has 0 spiro atoms. The highest BCUT2D eigenvalue weighted by molar-refractivity contribution is 6.13. The molecule has 1 saturated heterocycles. The SMILES string of the molecule is CNCc1ccc2c(c1)[C+]([C@H]1/C=C/c3c(OC)cc4c5c(c6c(O)c4c3O[C@H]3O[C@H](CO1)[C@@H](O)[C@H](OC#CCc1cccc4c1CN(CC6=O)C4=O)[C@]3(O)CO)[C@@H]1CCC[C@@H]1CC5)C=N2. The molecule has 4 aromatic rings. The molecule has 8 atom stereocenters. The predicted octanol–water partition coefficient (Wildman–Crippen LogP) is 4.78. The van der Waals surface area contributed by atoms with Gasteiger partial charge in [-0.2, -0.15) is 4.99 Å². The summed E-state index contributed by atoms with van der Waals surface area (Å²) in [7, 11) is 3.40. The van der Waals surface area contributed by atoms with Crippen LogP contribution in [-0.4, -0.2) is 113 Å². The molecule has 14 nitrogen and oxygen atoms in total. The van der Waals surface area contributed by atoms with Gasteiger partial charge in [0.05, 0.1) is 49.4 Å². The molecule has 5 heterocycles. The second-order valence-electron chi connectivity index (χ2n) is 18.2. The summed E-state index contributed by atoms with van der Waals surface area (Å²) in [5.41, 5.74) is 4.25. The van der Waals surface area contributed by atoms with E-state index in [0.717, 1.165) is 70.7 Å². The lowest BCUT2D eigenvalue weighted by atomic mass is 9.72. The summed E-state index contributed by atoms with van der Waals surface area (Å²) in [6.07, 6.45) is 5.43. The van der Waals surface area contributed by atoms with Gasteiger partial charge >= 0.3 is 0 Å². The zero-order chi connectivity index (χ0) is 44.7. The number of rotatable bonds is 5. The van der Waals surface area contributed by atoms with Gasteiger partial charge in [-0.3, -0.25) is 9.59 Å². The van der Waals surface area contributed by atoms with Gasteiger partial charge < -0.3 is 54.3 Å². The van der Waals surface area contributed by atoms with Crippen molar-refractivity contribution < 1.29 is 53.7 Å². The van der Waals surface area contributed by atoms with E-state index in [1.54, 1.807) is 24.4 Å². The van der Waals surface area contributed by atoms with Crippen LogP contribution in [0.3, 0.4) is 0 Å². The number of ketones is 1. The van der Waals surface area contributed by atoms with Crippen molar-refractivity contribution in [3.8, 4) is 29.3 Å². The maximum absolute atomic E-state index is 15.1. The number of phenols is 1. The summed E-state index contributed by atoms with van der Waals surface area (Å²) in [6.45, 7) is -0.720. The molecule has 7 aliphatic rings. The number of aryl methyl sites for hydroxylation is 1. The van der Waals surface area contributed by atoms with Crippen LogP contribution < -0.4 is 14.8 Å². The summed E-state index contributed by atoms with van der Waals surface area (Å²) in [4.78, 5) is 35.4. The maximum atomic E-state index is 15.1. The number of aliphatic hydroxyl groups excluding tert-OH is 2. The van der Waals surface area contributed by atoms with E-state index in [1.807, 2.05) is 43.5 Å². The van der Waals surface area contributed by atoms with Crippen LogP contribution in [0.1, 0.15) is 91.3 Å². The van der Waals surface area contributed by atoms with Crippen molar-refractivity contribution in [2.75, 3.05) is 33.9 Å². The Labute approximate surface area is 375 Å². The molecule has 0 radical (unpaired) electrons. The molecule has 14 heteroatoms. The summed E-state index contributed by atoms with van der Waals surface area (Å²) in [5, 5.41) is 52.6. The highest BCUT2D eigenvalue weighted by atomic mass is 16.7. The number of methoxy groups -OCH3 is 1. The van der Waals surface area contributed by atoms with Gasteiger partial charge in [-0.25, -0.2) is 0 Å². The molecule has 5 N–H and O–H groups in total. The van der Waals surface area contributed by atoms with Crippen molar-refractivity contribution in [1.82, 2.24) is 10.2 Å². The Bertz CT molecular complexity index is 2770. The van der Waals surface area contributed by atoms with E-state index in [-0.39, 0.29) is 60.4 Å². The zero-order valence-electron chi connectivity index (χ0n) is 36.1. The molecule has 5 aliphatic heterocycles. The summed E-state index contributed by atoms with van der Waals surface area (Å²) < 4.78 is 32.2. The fraction of sp³-hybridized carbons (Fsp3) is 0.412. The first-order valence-electron chi connectivity index (χ1n) is 22.4. The molecule has 65 heavy (non-hydrogen) atoms. The van der Waals surface area contributed by atoms with Gasteiger partial charge in [-0.05, 0) is 103 Å². The molecule has 0 aromatic heterocycles. The summed E-state index contributed by atoms with van der Waals surface area (Å²) in [5.74, 6) is 3.35. The highest BCUT2D eigenvalue weighted by Crippen LogP contribution is 2.56. The smallest absolute Gasteiger partial charge is 0.254 e. The van der Waals surface area contributed by atoms with Gasteiger partial charge in [0, 0.05) is 36.7 Å². The van der Waals surface area contributed by atoms with Crippen LogP contribution in [0.2, 0.25) is 0 Å². The minimum absolute atomic E-state index is 0.00629. The largest absolute Gasteiger partial charge is 0.506 e. The minimum Gasteiger partial charge on any atom is -0.506 e. The number of carbonyl (C=O) groups excluding carboxylic acids is 2. The number of aliphatic hydroxyl groups is 3. The molecule has 11 rings (SSSR count). The fourth-order valence-electron chi connectivity index (χ4n) is 11.4. The minimum atomic E-state index is -2.45. The van der Waals surface area contributed by atoms with Crippen LogP contribution in [0, 0.1) is 23.9 Å². The van der Waals surface area contributed by atoms with Crippen LogP contribution in [0.5, 0.6) is 17.2 Å². The number of aliphatic imine (C=N–C) groups is 1. The van der Waals surface area contributed by atoms with Crippen molar-refractivity contribution in [2.45, 2.75) is 93.8 Å². The Hall–Kier alpha value is -5.92. The van der Waals surface area contributed by atoms with Crippen molar-refractivity contribution in [3.63, 3.8) is 0 Å². The number of fused-ring (bicyclic) bond motifs is 10. The van der Waals surface area contributed by atoms with Crippen molar-refractivity contribution in [3.05, 3.63) is 105 Å². The quantitative estimate of drug-likeness (QED) is 0.137. The first-order valence-corrected chi connectivity index (χ1v) is 22.4. The number of Topliss-reactive ketones (excluding diaryl/α,β-unsaturated/α-hetero) is 1. The van der Waals surface area contributed by atoms with Gasteiger partial charge in [-0.15, -0.1) is 0 Å². The van der Waals surface area contributed by atoms with E-state index in [0.29, 0.717) is 41.1 Å². The number of aromatic hydroxyl groups is 1. The lowest BCUT2D eigenvalue weighted by Crippen LogP contribution is -2.70. The average molecular weight is 881 g/mol. The van der Waals surface area contributed by atoms with Crippen LogP contribution in [0.15, 0.2) is 53.5 Å². The lowest BCUT2D eigenvalue weighted by molar-refractivity contribution is -0.328. The average Bonchev–Trinajstić information content (AvgIpc) is 4.04. The highest BCUT2D eigenvalue weighted by Gasteiger charge is 2.59. The van der Waals surface area contributed by atoms with Crippen LogP contribution in [-0.2, 0) is 40.1 Å². The third kappa shape index (κ3) is 6.62. The second kappa shape index (κ2) is 16.2. The number of hydrogen-bond donors (Lipinski definition) is 5. The number of hydrogen-bond acceptors (Lipinski definition) is 13.